The molecule has 1 atom stereocenters. The molecule has 0 saturated heterocycles. The number of amides is 3. The molecule has 6 N–H and O–H groups in total. The Bertz CT molecular complexity index is 2440. The van der Waals surface area contributed by atoms with Crippen LogP contribution in [0.2, 0.25) is 5.15 Å². The quantitative estimate of drug-likeness (QED) is 0.0489. The zero-order valence-electron chi connectivity index (χ0n) is 30.4. The third kappa shape index (κ3) is 9.85. The van der Waals surface area contributed by atoms with Crippen molar-refractivity contribution < 1.29 is 44.1 Å². The lowest BCUT2D eigenvalue weighted by Gasteiger charge is -2.15. The van der Waals surface area contributed by atoms with Crippen LogP contribution in [0.15, 0.2) is 91.1 Å². The van der Waals surface area contributed by atoms with Gasteiger partial charge < -0.3 is 31.3 Å². The third-order valence-electron chi connectivity index (χ3n) is 9.08. The molecule has 0 spiro atoms. The van der Waals surface area contributed by atoms with Crippen molar-refractivity contribution in [2.75, 3.05) is 16.0 Å². The second-order valence-corrected chi connectivity index (χ2v) is 13.3. The van der Waals surface area contributed by atoms with Crippen LogP contribution in [-0.2, 0) is 11.2 Å². The first-order chi connectivity index (χ1) is 27.2. The van der Waals surface area contributed by atoms with E-state index in [-0.39, 0.29) is 75.2 Å². The fourth-order valence-electron chi connectivity index (χ4n) is 5.71. The number of carbonyl (C=O) groups excluding carboxylic acids is 5. The smallest absolute Gasteiger partial charge is 0.339 e. The predicted molar refractivity (Wildman–Crippen MR) is 210 cm³/mol. The lowest BCUT2D eigenvalue weighted by molar-refractivity contribution is -0.119. The zero-order valence-corrected chi connectivity index (χ0v) is 31.2. The van der Waals surface area contributed by atoms with Crippen molar-refractivity contribution in [2.24, 2.45) is 5.92 Å². The van der Waals surface area contributed by atoms with Gasteiger partial charge in [-0.2, -0.15) is 5.26 Å². The summed E-state index contributed by atoms with van der Waals surface area (Å²) in [6.45, 7) is 2.91. The monoisotopic (exact) mass is 787 g/mol. The van der Waals surface area contributed by atoms with Crippen LogP contribution in [0.1, 0.15) is 81.3 Å². The van der Waals surface area contributed by atoms with E-state index in [0.717, 1.165) is 6.07 Å². The molecule has 0 bridgehead atoms. The number of nitriles is 1. The fraction of sp³-hybridized carbons (Fsp3) is 0.143. The highest BCUT2D eigenvalue weighted by Crippen LogP contribution is 2.32. The summed E-state index contributed by atoms with van der Waals surface area (Å²) < 4.78 is 0. The molecule has 0 aliphatic rings. The van der Waals surface area contributed by atoms with E-state index in [4.69, 9.17) is 11.6 Å². The number of carbonyl (C=O) groups is 6. The number of phenols is 2. The van der Waals surface area contributed by atoms with Gasteiger partial charge in [-0.3, -0.25) is 24.0 Å². The van der Waals surface area contributed by atoms with Crippen molar-refractivity contribution in [3.63, 3.8) is 0 Å². The molecule has 3 amide bonds. The summed E-state index contributed by atoms with van der Waals surface area (Å²) in [5, 5.41) is 47.7. The fourth-order valence-corrected chi connectivity index (χ4v) is 5.82. The van der Waals surface area contributed by atoms with E-state index >= 15 is 0 Å². The van der Waals surface area contributed by atoms with Crippen molar-refractivity contribution in [1.82, 2.24) is 4.98 Å². The molecule has 57 heavy (non-hydrogen) atoms. The molecule has 4 aromatic carbocycles. The number of aromatic hydroxyl groups is 2. The number of nitrogens with zero attached hydrogens (tertiary/aromatic N) is 2. The molecule has 5 aromatic rings. The number of Topliss-reactive ketones (excluding diaryl/α,β-unsaturated/α-hetero) is 2. The Labute approximate surface area is 330 Å². The van der Waals surface area contributed by atoms with E-state index in [2.05, 4.69) is 20.9 Å². The summed E-state index contributed by atoms with van der Waals surface area (Å²) >= 11 is 5.79. The minimum Gasteiger partial charge on any atom is -0.507 e. The van der Waals surface area contributed by atoms with Gasteiger partial charge in [-0.25, -0.2) is 9.78 Å². The van der Waals surface area contributed by atoms with E-state index < -0.39 is 41.1 Å². The molecule has 288 valence electrons. The summed E-state index contributed by atoms with van der Waals surface area (Å²) in [6.07, 6.45) is 1.00. The Morgan fingerprint density at radius 3 is 1.84 bits per heavy atom. The van der Waals surface area contributed by atoms with Crippen molar-refractivity contribution in [1.29, 1.82) is 5.26 Å². The maximum Gasteiger partial charge on any atom is 0.339 e. The number of aromatic carboxylic acids is 1. The molecule has 0 aliphatic heterocycles. The number of nitrogens with one attached hydrogen (secondary N) is 3. The normalized spacial score (nSPS) is 11.1. The number of aromatic nitrogens is 1. The van der Waals surface area contributed by atoms with Gasteiger partial charge in [-0.15, -0.1) is 0 Å². The van der Waals surface area contributed by atoms with Gasteiger partial charge in [0.25, 0.3) is 11.8 Å². The number of rotatable bonds is 14. The second-order valence-electron chi connectivity index (χ2n) is 12.9. The van der Waals surface area contributed by atoms with Crippen LogP contribution in [-0.4, -0.2) is 55.6 Å². The Morgan fingerprint density at radius 1 is 0.702 bits per heavy atom. The Balaban J connectivity index is 1.17. The highest BCUT2D eigenvalue weighted by molar-refractivity contribution is 6.29. The summed E-state index contributed by atoms with van der Waals surface area (Å²) in [5.74, 6) is -5.66. The van der Waals surface area contributed by atoms with Gasteiger partial charge in [0.1, 0.15) is 22.2 Å². The molecule has 15 heteroatoms. The first kappa shape index (κ1) is 40.8. The molecule has 1 unspecified atom stereocenters. The summed E-state index contributed by atoms with van der Waals surface area (Å²) in [6, 6.07) is 22.4. The van der Waals surface area contributed by atoms with Gasteiger partial charge in [0.2, 0.25) is 5.91 Å². The Morgan fingerprint density at radius 2 is 1.26 bits per heavy atom. The number of hydrogen-bond donors (Lipinski definition) is 6. The largest absolute Gasteiger partial charge is 0.507 e. The SMILES string of the molecule is Cc1c(NC(=O)c2ccc(NC(=O)c3ccc(NC(=O)C(CC#N)CC(=O)c4ccc(CC(=O)c5ccc(Cl)nc5)cc4)cc3)c(C)c2O)ccc(C(=O)O)c1O. The predicted octanol–water partition coefficient (Wildman–Crippen LogP) is 7.13. The van der Waals surface area contributed by atoms with E-state index in [1.165, 1.54) is 68.6 Å². The summed E-state index contributed by atoms with van der Waals surface area (Å²) in [4.78, 5) is 80.1. The highest BCUT2D eigenvalue weighted by atomic mass is 35.5. The number of ketones is 2. The number of pyridine rings is 1. The Kier molecular flexibility index (Phi) is 12.8. The van der Waals surface area contributed by atoms with Crippen LogP contribution in [0.3, 0.4) is 0 Å². The average Bonchev–Trinajstić information content (AvgIpc) is 3.18. The van der Waals surface area contributed by atoms with Crippen LogP contribution in [0.4, 0.5) is 17.1 Å². The number of carboxylic acids is 1. The van der Waals surface area contributed by atoms with E-state index in [1.807, 2.05) is 6.07 Å². The number of hydrogen-bond acceptors (Lipinski definition) is 10. The summed E-state index contributed by atoms with van der Waals surface area (Å²) in [7, 11) is 0. The van der Waals surface area contributed by atoms with E-state index in [0.29, 0.717) is 22.4 Å². The molecule has 0 radical (unpaired) electrons. The van der Waals surface area contributed by atoms with Crippen LogP contribution < -0.4 is 16.0 Å². The molecule has 0 fully saturated rings. The van der Waals surface area contributed by atoms with Crippen molar-refractivity contribution in [3.8, 4) is 17.6 Å². The van der Waals surface area contributed by atoms with Gasteiger partial charge in [0.05, 0.1) is 17.6 Å². The van der Waals surface area contributed by atoms with E-state index in [9.17, 15) is 49.3 Å². The maximum absolute atomic E-state index is 13.1. The van der Waals surface area contributed by atoms with Gasteiger partial charge in [0.15, 0.2) is 11.6 Å². The van der Waals surface area contributed by atoms with Crippen LogP contribution in [0.5, 0.6) is 11.5 Å². The standard InChI is InChI=1S/C42H34ClN5O9/c1-22-32(14-12-30(37(22)51)41(55)48-33-15-13-31(42(56)57)38(52)23(33)2)47-39(53)26-7-10-29(11-8-26)46-40(54)27(17-18-44)20-35(50)25-5-3-24(4-6-25)19-34(49)28-9-16-36(43)45-21-28/h3-16,21,27,51-52H,17,19-20H2,1-2H3,(H,46,54)(H,47,53)(H,48,55)(H,56,57). The molecule has 1 aromatic heterocycles. The molecule has 0 aliphatic carbocycles. The van der Waals surface area contributed by atoms with Crippen molar-refractivity contribution in [2.45, 2.75) is 33.1 Å². The van der Waals surface area contributed by atoms with Gasteiger partial charge in [0, 0.05) is 70.3 Å². The molecular weight excluding hydrogens is 754 g/mol. The lowest BCUT2D eigenvalue weighted by atomic mass is 9.94. The number of halogens is 1. The molecule has 1 heterocycles. The molecular formula is C42H34ClN5O9. The minimum atomic E-state index is -1.34. The number of phenolic OH excluding ortho intramolecular Hbond substituents is 1. The first-order valence-corrected chi connectivity index (χ1v) is 17.6. The molecule has 0 saturated carbocycles. The Hall–Kier alpha value is -7.37. The highest BCUT2D eigenvalue weighted by Gasteiger charge is 2.24. The van der Waals surface area contributed by atoms with Crippen molar-refractivity contribution in [3.05, 3.63) is 141 Å². The minimum absolute atomic E-state index is 0.0820. The first-order valence-electron chi connectivity index (χ1n) is 17.2. The van der Waals surface area contributed by atoms with Gasteiger partial charge in [-0.05, 0) is 80.1 Å². The molecule has 5 rings (SSSR count). The number of carboxylic acid groups (broad SMARTS) is 1. The van der Waals surface area contributed by atoms with Crippen molar-refractivity contribution >= 4 is 63.9 Å². The van der Waals surface area contributed by atoms with Gasteiger partial charge >= 0.3 is 5.97 Å². The number of benzene rings is 4. The lowest BCUT2D eigenvalue weighted by Crippen LogP contribution is -2.25. The average molecular weight is 788 g/mol. The van der Waals surface area contributed by atoms with E-state index in [1.54, 1.807) is 30.3 Å². The topological polar surface area (TPSA) is 236 Å². The van der Waals surface area contributed by atoms with Crippen LogP contribution in [0, 0.1) is 31.1 Å². The van der Waals surface area contributed by atoms with Crippen LogP contribution >= 0.6 is 11.6 Å². The number of anilines is 3. The third-order valence-corrected chi connectivity index (χ3v) is 9.30. The van der Waals surface area contributed by atoms with Crippen LogP contribution in [0.25, 0.3) is 0 Å². The van der Waals surface area contributed by atoms with Gasteiger partial charge in [-0.1, -0.05) is 35.9 Å². The zero-order chi connectivity index (χ0) is 41.4. The second kappa shape index (κ2) is 17.8. The molecule has 14 nitrogen and oxygen atoms in total. The summed E-state index contributed by atoms with van der Waals surface area (Å²) in [5.41, 5.74) is 2.03. The maximum atomic E-state index is 13.1.